The zero-order valence-corrected chi connectivity index (χ0v) is 23.8. The summed E-state index contributed by atoms with van der Waals surface area (Å²) in [6.45, 7) is 13.4. The molecule has 0 heterocycles. The molecule has 0 aromatic heterocycles. The number of aliphatic hydroxyl groups excluding tert-OH is 1. The quantitative estimate of drug-likeness (QED) is 0.230. The van der Waals surface area contributed by atoms with Crippen molar-refractivity contribution in [3.63, 3.8) is 0 Å². The van der Waals surface area contributed by atoms with Gasteiger partial charge in [0.25, 0.3) is 0 Å². The molecule has 0 aromatic carbocycles. The summed E-state index contributed by atoms with van der Waals surface area (Å²) in [5, 5.41) is 32.8. The Bertz CT molecular complexity index is 865. The highest BCUT2D eigenvalue weighted by molar-refractivity contribution is 5.72. The molecule has 4 aliphatic carbocycles. The van der Waals surface area contributed by atoms with E-state index in [9.17, 15) is 20.1 Å². The van der Waals surface area contributed by atoms with E-state index < -0.39 is 17.7 Å². The average molecular weight is 505 g/mol. The van der Waals surface area contributed by atoms with Gasteiger partial charge in [0.1, 0.15) is 5.92 Å². The molecule has 36 heavy (non-hydrogen) atoms. The van der Waals surface area contributed by atoms with Gasteiger partial charge in [-0.05, 0) is 104 Å². The van der Waals surface area contributed by atoms with Crippen molar-refractivity contribution in [1.82, 2.24) is 0 Å². The average Bonchev–Trinajstić information content (AvgIpc) is 3.13. The zero-order chi connectivity index (χ0) is 26.7. The summed E-state index contributed by atoms with van der Waals surface area (Å²) < 4.78 is 4.74. The van der Waals surface area contributed by atoms with Crippen molar-refractivity contribution < 1.29 is 24.9 Å². The van der Waals surface area contributed by atoms with Gasteiger partial charge < -0.3 is 20.1 Å². The van der Waals surface area contributed by atoms with Crippen molar-refractivity contribution in [1.29, 1.82) is 0 Å². The predicted molar refractivity (Wildman–Crippen MR) is 142 cm³/mol. The first-order chi connectivity index (χ1) is 16.7. The third kappa shape index (κ3) is 4.20. The highest BCUT2D eigenvalue weighted by atomic mass is 16.5. The molecule has 206 valence electrons. The molecular weight excluding hydrogens is 452 g/mol. The Balaban J connectivity index is 1.53. The van der Waals surface area contributed by atoms with E-state index in [1.165, 1.54) is 51.7 Å². The summed E-state index contributed by atoms with van der Waals surface area (Å²) >= 11 is 0. The SMILES string of the molecule is CC[C@H]1CC[C@@]2(C)C(=CC(O)[C@@H]3[C@@H]2CC[C@@]2(C)[C@H]3CC[C@]2(C)[C@H](C)CCC(O)(O)C(C)C(=O)OC)C1. The zero-order valence-electron chi connectivity index (χ0n) is 23.8. The molecule has 0 radical (unpaired) electrons. The van der Waals surface area contributed by atoms with Gasteiger partial charge in [-0.1, -0.05) is 52.7 Å². The third-order valence-corrected chi connectivity index (χ3v) is 12.8. The van der Waals surface area contributed by atoms with Crippen molar-refractivity contribution in [2.75, 3.05) is 7.11 Å². The number of aliphatic hydroxyl groups is 3. The number of carbonyl (C=O) groups is 1. The van der Waals surface area contributed by atoms with Crippen LogP contribution < -0.4 is 0 Å². The van der Waals surface area contributed by atoms with Gasteiger partial charge in [-0.15, -0.1) is 0 Å². The van der Waals surface area contributed by atoms with Crippen LogP contribution in [0, 0.1) is 51.8 Å². The number of allylic oxidation sites excluding steroid dienone is 1. The Hall–Kier alpha value is -0.910. The van der Waals surface area contributed by atoms with Crippen molar-refractivity contribution in [3.05, 3.63) is 11.6 Å². The Morgan fingerprint density at radius 1 is 1.11 bits per heavy atom. The normalized spacial score (nSPS) is 44.1. The lowest BCUT2D eigenvalue weighted by molar-refractivity contribution is -0.214. The maximum Gasteiger partial charge on any atom is 0.313 e. The summed E-state index contributed by atoms with van der Waals surface area (Å²) in [6, 6.07) is 0. The van der Waals surface area contributed by atoms with Crippen LogP contribution in [0.1, 0.15) is 106 Å². The van der Waals surface area contributed by atoms with E-state index in [2.05, 4.69) is 40.7 Å². The van der Waals surface area contributed by atoms with Crippen LogP contribution in [0.5, 0.6) is 0 Å². The van der Waals surface area contributed by atoms with Crippen molar-refractivity contribution in [3.8, 4) is 0 Å². The highest BCUT2D eigenvalue weighted by Crippen LogP contribution is 2.71. The largest absolute Gasteiger partial charge is 0.469 e. The molecule has 5 nitrogen and oxygen atoms in total. The second kappa shape index (κ2) is 9.68. The molecule has 4 rings (SSSR count). The van der Waals surface area contributed by atoms with Crippen LogP contribution in [0.2, 0.25) is 0 Å². The van der Waals surface area contributed by atoms with Gasteiger partial charge in [-0.25, -0.2) is 0 Å². The maximum atomic E-state index is 11.9. The Labute approximate surface area is 219 Å². The molecule has 0 aromatic rings. The molecule has 10 atom stereocenters. The molecule has 3 fully saturated rings. The number of hydrogen-bond acceptors (Lipinski definition) is 5. The van der Waals surface area contributed by atoms with Crippen molar-refractivity contribution >= 4 is 5.97 Å². The maximum absolute atomic E-state index is 11.9. The minimum Gasteiger partial charge on any atom is -0.469 e. The van der Waals surface area contributed by atoms with Crippen LogP contribution >= 0.6 is 0 Å². The predicted octanol–water partition coefficient (Wildman–Crippen LogP) is 5.86. The highest BCUT2D eigenvalue weighted by Gasteiger charge is 2.64. The smallest absolute Gasteiger partial charge is 0.313 e. The molecule has 0 spiro atoms. The van der Waals surface area contributed by atoms with E-state index in [4.69, 9.17) is 4.74 Å². The van der Waals surface area contributed by atoms with Gasteiger partial charge in [0.15, 0.2) is 5.79 Å². The second-order valence-electron chi connectivity index (χ2n) is 13.9. The van der Waals surface area contributed by atoms with E-state index in [1.807, 2.05) is 0 Å². The van der Waals surface area contributed by atoms with Gasteiger partial charge in [0.2, 0.25) is 0 Å². The van der Waals surface area contributed by atoms with Crippen LogP contribution in [0.15, 0.2) is 11.6 Å². The molecule has 2 unspecified atom stereocenters. The monoisotopic (exact) mass is 504 g/mol. The molecule has 0 bridgehead atoms. The molecule has 3 N–H and O–H groups in total. The van der Waals surface area contributed by atoms with E-state index in [1.54, 1.807) is 0 Å². The minimum absolute atomic E-state index is 0.0533. The summed E-state index contributed by atoms with van der Waals surface area (Å²) in [5.41, 5.74) is 1.93. The second-order valence-corrected chi connectivity index (χ2v) is 13.9. The summed E-state index contributed by atoms with van der Waals surface area (Å²) in [5.74, 6) is -1.24. The first-order valence-electron chi connectivity index (χ1n) is 14.7. The third-order valence-electron chi connectivity index (χ3n) is 12.8. The van der Waals surface area contributed by atoms with Gasteiger partial charge in [-0.3, -0.25) is 4.79 Å². The molecule has 3 saturated carbocycles. The number of fused-ring (bicyclic) bond motifs is 5. The van der Waals surface area contributed by atoms with E-state index in [0.29, 0.717) is 24.2 Å². The fourth-order valence-corrected chi connectivity index (χ4v) is 9.52. The summed E-state index contributed by atoms with van der Waals surface area (Å²) in [7, 11) is 1.28. The fraction of sp³-hybridized carbons (Fsp3) is 0.903. The first-order valence-corrected chi connectivity index (χ1v) is 14.7. The standard InChI is InChI=1S/C31H52O5/c1-8-21-10-13-28(4)22(17-21)18-25(32)26-23(28)11-15-30(6)24(26)12-14-29(30,5)19(2)9-16-31(34,35)20(3)27(33)36-7/h18-21,23-26,32,34-35H,8-17H2,1-7H3/t19-,20?,21+,23+,24+,25?,26-,28+,29-,30+/m1/s1. The topological polar surface area (TPSA) is 87.0 Å². The van der Waals surface area contributed by atoms with Gasteiger partial charge in [-0.2, -0.15) is 0 Å². The fourth-order valence-electron chi connectivity index (χ4n) is 9.52. The lowest BCUT2D eigenvalue weighted by Crippen LogP contribution is -2.56. The van der Waals surface area contributed by atoms with Crippen molar-refractivity contribution in [2.24, 2.45) is 51.8 Å². The number of hydrogen-bond donors (Lipinski definition) is 3. The van der Waals surface area contributed by atoms with Crippen LogP contribution in [0.3, 0.4) is 0 Å². The lowest BCUT2D eigenvalue weighted by atomic mass is 9.44. The number of methoxy groups -OCH3 is 1. The Morgan fingerprint density at radius 2 is 1.78 bits per heavy atom. The van der Waals surface area contributed by atoms with Gasteiger partial charge in [0.05, 0.1) is 13.2 Å². The molecular formula is C31H52O5. The molecule has 0 amide bonds. The van der Waals surface area contributed by atoms with Crippen LogP contribution in [0.25, 0.3) is 0 Å². The molecule has 4 aliphatic rings. The van der Waals surface area contributed by atoms with Gasteiger partial charge >= 0.3 is 5.97 Å². The summed E-state index contributed by atoms with van der Waals surface area (Å²) in [4.78, 5) is 11.9. The van der Waals surface area contributed by atoms with Crippen molar-refractivity contribution in [2.45, 2.75) is 118 Å². The van der Waals surface area contributed by atoms with Crippen LogP contribution in [0.4, 0.5) is 0 Å². The minimum atomic E-state index is -2.07. The Morgan fingerprint density at radius 3 is 2.42 bits per heavy atom. The summed E-state index contributed by atoms with van der Waals surface area (Å²) in [6.07, 6.45) is 12.3. The van der Waals surface area contributed by atoms with E-state index in [-0.39, 0.29) is 34.7 Å². The van der Waals surface area contributed by atoms with E-state index in [0.717, 1.165) is 25.2 Å². The number of rotatable bonds is 7. The first kappa shape index (κ1) is 28.1. The molecule has 0 saturated heterocycles. The number of esters is 1. The van der Waals surface area contributed by atoms with E-state index >= 15 is 0 Å². The van der Waals surface area contributed by atoms with Crippen LogP contribution in [-0.2, 0) is 9.53 Å². The van der Waals surface area contributed by atoms with Crippen LogP contribution in [-0.4, -0.2) is 40.3 Å². The Kier molecular flexibility index (Phi) is 7.56. The number of carbonyl (C=O) groups excluding carboxylic acids is 1. The van der Waals surface area contributed by atoms with Gasteiger partial charge in [0, 0.05) is 6.42 Å². The lowest BCUT2D eigenvalue weighted by Gasteiger charge is -2.61. The molecule has 5 heteroatoms. The molecule has 0 aliphatic heterocycles. The number of ether oxygens (including phenoxy) is 1.